The minimum Gasteiger partial charge on any atom is -0.494 e. The maximum Gasteiger partial charge on any atom is 0.162 e. The molecule has 0 N–H and O–H groups in total. The molecule has 4 nitrogen and oxygen atoms in total. The SMILES string of the molecule is CCOc1ccc2c(c1)cc(C)n2CCCCCCCC(=O)c1ccc(C[N+](C)(C)C)cc1. The monoisotopic (exact) mass is 449 g/mol. The number of ether oxygens (including phenoxy) is 1. The fourth-order valence-corrected chi connectivity index (χ4v) is 4.51. The first kappa shape index (κ1) is 25.0. The Balaban J connectivity index is 1.36. The highest BCUT2D eigenvalue weighted by Crippen LogP contribution is 2.25. The third kappa shape index (κ3) is 7.46. The van der Waals surface area contributed by atoms with Crippen LogP contribution in [0.1, 0.15) is 67.1 Å². The smallest absolute Gasteiger partial charge is 0.162 e. The lowest BCUT2D eigenvalue weighted by molar-refractivity contribution is -0.884. The molecule has 3 aromatic rings. The molecule has 0 atom stereocenters. The maximum absolute atomic E-state index is 12.5. The second-order valence-electron chi connectivity index (χ2n) is 10.2. The fourth-order valence-electron chi connectivity index (χ4n) is 4.51. The number of aromatic nitrogens is 1. The highest BCUT2D eigenvalue weighted by Gasteiger charge is 2.11. The molecule has 178 valence electrons. The molecule has 0 saturated heterocycles. The Bertz CT molecular complexity index is 1040. The van der Waals surface area contributed by atoms with Crippen LogP contribution >= 0.6 is 0 Å². The van der Waals surface area contributed by atoms with Gasteiger partial charge in [0.05, 0.1) is 27.7 Å². The van der Waals surface area contributed by atoms with E-state index < -0.39 is 0 Å². The molecule has 3 rings (SSSR count). The largest absolute Gasteiger partial charge is 0.494 e. The molecule has 1 aromatic heterocycles. The number of carbonyl (C=O) groups excluding carboxylic acids is 1. The van der Waals surface area contributed by atoms with E-state index in [-0.39, 0.29) is 5.78 Å². The number of nitrogens with zero attached hydrogens (tertiary/aromatic N) is 2. The van der Waals surface area contributed by atoms with E-state index in [0.717, 1.165) is 41.7 Å². The van der Waals surface area contributed by atoms with Crippen LogP contribution in [0.2, 0.25) is 0 Å². The number of aryl methyl sites for hydroxylation is 2. The van der Waals surface area contributed by atoms with Gasteiger partial charge in [0, 0.05) is 40.7 Å². The number of quaternary nitrogens is 1. The number of carbonyl (C=O) groups is 1. The zero-order valence-electron chi connectivity index (χ0n) is 21.2. The number of benzene rings is 2. The van der Waals surface area contributed by atoms with Gasteiger partial charge in [-0.25, -0.2) is 0 Å². The summed E-state index contributed by atoms with van der Waals surface area (Å²) >= 11 is 0. The Kier molecular flexibility index (Phi) is 8.74. The number of unbranched alkanes of at least 4 members (excludes halogenated alkanes) is 4. The van der Waals surface area contributed by atoms with Crippen LogP contribution in [0.25, 0.3) is 10.9 Å². The van der Waals surface area contributed by atoms with E-state index in [1.54, 1.807) is 0 Å². The van der Waals surface area contributed by atoms with Crippen molar-refractivity contribution in [1.29, 1.82) is 0 Å². The first-order valence-corrected chi connectivity index (χ1v) is 12.4. The molecule has 0 saturated carbocycles. The lowest BCUT2D eigenvalue weighted by atomic mass is 10.0. The lowest BCUT2D eigenvalue weighted by Gasteiger charge is -2.23. The van der Waals surface area contributed by atoms with Crippen LogP contribution in [-0.2, 0) is 13.1 Å². The Morgan fingerprint density at radius 1 is 0.909 bits per heavy atom. The molecule has 0 spiro atoms. The van der Waals surface area contributed by atoms with Gasteiger partial charge in [-0.1, -0.05) is 43.5 Å². The number of hydrogen-bond acceptors (Lipinski definition) is 2. The van der Waals surface area contributed by atoms with Crippen molar-refractivity contribution in [2.45, 2.75) is 65.5 Å². The van der Waals surface area contributed by atoms with Gasteiger partial charge in [0.2, 0.25) is 0 Å². The molecule has 0 aliphatic carbocycles. The molecule has 0 aliphatic heterocycles. The molecule has 0 aliphatic rings. The van der Waals surface area contributed by atoms with Gasteiger partial charge in [-0.05, 0) is 51.0 Å². The summed E-state index contributed by atoms with van der Waals surface area (Å²) in [6.07, 6.45) is 6.30. The van der Waals surface area contributed by atoms with Crippen molar-refractivity contribution < 1.29 is 14.0 Å². The summed E-state index contributed by atoms with van der Waals surface area (Å²) in [5.41, 5.74) is 4.72. The zero-order valence-corrected chi connectivity index (χ0v) is 21.2. The second-order valence-corrected chi connectivity index (χ2v) is 10.2. The molecule has 0 radical (unpaired) electrons. The van der Waals surface area contributed by atoms with Crippen molar-refractivity contribution in [1.82, 2.24) is 4.57 Å². The van der Waals surface area contributed by atoms with Gasteiger partial charge in [-0.15, -0.1) is 0 Å². The third-order valence-corrected chi connectivity index (χ3v) is 6.11. The molecule has 2 aromatic carbocycles. The van der Waals surface area contributed by atoms with Crippen LogP contribution in [-0.4, -0.2) is 42.6 Å². The topological polar surface area (TPSA) is 31.2 Å². The van der Waals surface area contributed by atoms with Crippen molar-refractivity contribution in [3.05, 3.63) is 65.4 Å². The Labute approximate surface area is 199 Å². The summed E-state index contributed by atoms with van der Waals surface area (Å²) in [6.45, 7) is 6.91. The summed E-state index contributed by atoms with van der Waals surface area (Å²) in [6, 6.07) is 16.8. The van der Waals surface area contributed by atoms with Crippen LogP contribution in [0.3, 0.4) is 0 Å². The first-order chi connectivity index (χ1) is 15.8. The molecular formula is C29H41N2O2+. The highest BCUT2D eigenvalue weighted by molar-refractivity contribution is 5.96. The number of ketones is 1. The van der Waals surface area contributed by atoms with E-state index in [0.29, 0.717) is 13.0 Å². The predicted molar refractivity (Wildman–Crippen MR) is 138 cm³/mol. The van der Waals surface area contributed by atoms with Gasteiger partial charge >= 0.3 is 0 Å². The molecule has 1 heterocycles. The van der Waals surface area contributed by atoms with E-state index in [9.17, 15) is 4.79 Å². The number of hydrogen-bond donors (Lipinski definition) is 0. The van der Waals surface area contributed by atoms with E-state index in [4.69, 9.17) is 4.74 Å². The summed E-state index contributed by atoms with van der Waals surface area (Å²) in [4.78, 5) is 12.5. The Hall–Kier alpha value is -2.59. The summed E-state index contributed by atoms with van der Waals surface area (Å²) in [5.74, 6) is 1.21. The van der Waals surface area contributed by atoms with Crippen molar-refractivity contribution in [2.24, 2.45) is 0 Å². The maximum atomic E-state index is 12.5. The second kappa shape index (κ2) is 11.5. The van der Waals surface area contributed by atoms with Crippen LogP contribution in [0.4, 0.5) is 0 Å². The van der Waals surface area contributed by atoms with Crippen LogP contribution in [0.15, 0.2) is 48.5 Å². The van der Waals surface area contributed by atoms with Crippen molar-refractivity contribution in [3.8, 4) is 5.75 Å². The zero-order chi connectivity index (χ0) is 23.8. The van der Waals surface area contributed by atoms with Crippen LogP contribution in [0.5, 0.6) is 5.75 Å². The van der Waals surface area contributed by atoms with Gasteiger partial charge in [0.15, 0.2) is 5.78 Å². The van der Waals surface area contributed by atoms with Crippen molar-refractivity contribution >= 4 is 16.7 Å². The van der Waals surface area contributed by atoms with Gasteiger partial charge in [-0.3, -0.25) is 4.79 Å². The molecule has 33 heavy (non-hydrogen) atoms. The molecule has 0 bridgehead atoms. The van der Waals surface area contributed by atoms with E-state index >= 15 is 0 Å². The molecule has 0 amide bonds. The van der Waals surface area contributed by atoms with Gasteiger partial charge in [-0.2, -0.15) is 0 Å². The summed E-state index contributed by atoms with van der Waals surface area (Å²) in [5, 5.41) is 1.25. The first-order valence-electron chi connectivity index (χ1n) is 12.4. The van der Waals surface area contributed by atoms with Crippen LogP contribution in [0, 0.1) is 6.92 Å². The average molecular weight is 450 g/mol. The molecule has 0 fully saturated rings. The van der Waals surface area contributed by atoms with Gasteiger partial charge in [0.1, 0.15) is 12.3 Å². The molecular weight excluding hydrogens is 408 g/mol. The Morgan fingerprint density at radius 3 is 2.30 bits per heavy atom. The average Bonchev–Trinajstić information content (AvgIpc) is 3.07. The van der Waals surface area contributed by atoms with Crippen LogP contribution < -0.4 is 4.74 Å². The van der Waals surface area contributed by atoms with E-state index in [2.05, 4.69) is 69.0 Å². The van der Waals surface area contributed by atoms with E-state index in [1.807, 2.05) is 19.1 Å². The third-order valence-electron chi connectivity index (χ3n) is 6.11. The Morgan fingerprint density at radius 2 is 1.61 bits per heavy atom. The van der Waals surface area contributed by atoms with Crippen molar-refractivity contribution in [2.75, 3.05) is 27.7 Å². The highest BCUT2D eigenvalue weighted by atomic mass is 16.5. The van der Waals surface area contributed by atoms with Gasteiger partial charge < -0.3 is 13.8 Å². The standard InChI is InChI=1S/C29H41N2O2/c1-6-33-27-17-18-28-26(21-27)20-23(2)30(28)19-11-9-7-8-10-12-29(32)25-15-13-24(14-16-25)22-31(3,4)5/h13-18,20-21H,6-12,19,22H2,1-5H3/q+1. The molecule has 0 unspecified atom stereocenters. The minimum absolute atomic E-state index is 0.271. The van der Waals surface area contributed by atoms with Crippen molar-refractivity contribution in [3.63, 3.8) is 0 Å². The fraction of sp³-hybridized carbons (Fsp3) is 0.483. The quantitative estimate of drug-likeness (QED) is 0.164. The molecule has 4 heteroatoms. The lowest BCUT2D eigenvalue weighted by Crippen LogP contribution is -2.33. The number of Topliss-reactive ketones (excluding diaryl/α,β-unsaturated/α-hetero) is 1. The number of fused-ring (bicyclic) bond motifs is 1. The summed E-state index contributed by atoms with van der Waals surface area (Å²) < 4.78 is 8.94. The van der Waals surface area contributed by atoms with E-state index in [1.165, 1.54) is 41.4 Å². The number of rotatable bonds is 13. The normalized spacial score (nSPS) is 11.8. The summed E-state index contributed by atoms with van der Waals surface area (Å²) in [7, 11) is 6.54. The minimum atomic E-state index is 0.271. The van der Waals surface area contributed by atoms with Gasteiger partial charge in [0.25, 0.3) is 0 Å². The predicted octanol–water partition coefficient (Wildman–Crippen LogP) is 6.78.